The molecule has 0 bridgehead atoms. The topological polar surface area (TPSA) is 87.9 Å². The Hall–Kier alpha value is -1.22. The number of anilines is 2. The zero-order valence-electron chi connectivity index (χ0n) is 16.9. The van der Waals surface area contributed by atoms with Gasteiger partial charge in [0, 0.05) is 17.0 Å². The second-order valence-electron chi connectivity index (χ2n) is 7.87. The molecule has 0 aromatic carbocycles. The average molecular weight is 421 g/mol. The van der Waals surface area contributed by atoms with Gasteiger partial charge in [-0.1, -0.05) is 25.2 Å². The highest BCUT2D eigenvalue weighted by atomic mass is 32.1. The summed E-state index contributed by atoms with van der Waals surface area (Å²) >= 11 is 3.47. The van der Waals surface area contributed by atoms with Gasteiger partial charge in [-0.3, -0.25) is 0 Å². The summed E-state index contributed by atoms with van der Waals surface area (Å²) in [5.74, 6) is 0. The molecule has 0 spiro atoms. The van der Waals surface area contributed by atoms with Crippen molar-refractivity contribution in [2.45, 2.75) is 76.9 Å². The number of hydrogen-bond acceptors (Lipinski definition) is 8. The third-order valence-corrected chi connectivity index (χ3v) is 7.74. The summed E-state index contributed by atoms with van der Waals surface area (Å²) in [6.45, 7) is 6.58. The van der Waals surface area contributed by atoms with Crippen molar-refractivity contribution in [3.05, 3.63) is 21.1 Å². The van der Waals surface area contributed by atoms with E-state index in [9.17, 15) is 0 Å². The predicted octanol–water partition coefficient (Wildman–Crippen LogP) is 3.51. The quantitative estimate of drug-likeness (QED) is 0.523. The summed E-state index contributed by atoms with van der Waals surface area (Å²) in [4.78, 5) is 12.3. The maximum Gasteiger partial charge on any atom is 0.183 e. The van der Waals surface area contributed by atoms with Gasteiger partial charge >= 0.3 is 0 Å². The lowest BCUT2D eigenvalue weighted by atomic mass is 9.92. The van der Waals surface area contributed by atoms with Crippen molar-refractivity contribution in [2.24, 2.45) is 0 Å². The number of nitrogen functional groups attached to an aromatic ring is 1. The summed E-state index contributed by atoms with van der Waals surface area (Å²) in [6, 6.07) is 1.20. The van der Waals surface area contributed by atoms with Gasteiger partial charge in [0.25, 0.3) is 0 Å². The van der Waals surface area contributed by atoms with E-state index in [0.717, 1.165) is 50.3 Å². The molecular weight excluding hydrogens is 388 g/mol. The van der Waals surface area contributed by atoms with Gasteiger partial charge in [-0.2, -0.15) is 0 Å². The summed E-state index contributed by atoms with van der Waals surface area (Å²) in [5, 5.41) is 12.9. The second-order valence-corrected chi connectivity index (χ2v) is 10.0. The number of aromatic nitrogens is 2. The molecule has 0 saturated heterocycles. The van der Waals surface area contributed by atoms with Crippen LogP contribution in [0, 0.1) is 0 Å². The number of rotatable bonds is 8. The lowest BCUT2D eigenvalue weighted by molar-refractivity contribution is 0.412. The van der Waals surface area contributed by atoms with Crippen molar-refractivity contribution in [1.29, 1.82) is 0 Å². The van der Waals surface area contributed by atoms with Crippen molar-refractivity contribution in [3.63, 3.8) is 0 Å². The average Bonchev–Trinajstić information content (AvgIpc) is 3.27. The SMILES string of the molecule is CCCN[C@H]1CCc2nc(N[C@@H]3c4sc(N)nc4CC[C@@H]3NCCC)sc2C1. The molecule has 0 unspecified atom stereocenters. The first kappa shape index (κ1) is 20.1. The molecule has 2 aliphatic carbocycles. The van der Waals surface area contributed by atoms with Crippen LogP contribution in [-0.2, 0) is 19.3 Å². The number of nitrogens with zero attached hydrogens (tertiary/aromatic N) is 2. The first-order chi connectivity index (χ1) is 13.7. The van der Waals surface area contributed by atoms with Gasteiger partial charge in [-0.25, -0.2) is 9.97 Å². The van der Waals surface area contributed by atoms with Crippen molar-refractivity contribution in [2.75, 3.05) is 24.1 Å². The molecule has 8 heteroatoms. The third kappa shape index (κ3) is 4.35. The molecule has 0 amide bonds. The molecule has 2 aliphatic rings. The Bertz CT molecular complexity index is 786. The van der Waals surface area contributed by atoms with E-state index in [2.05, 4.69) is 34.8 Å². The first-order valence-corrected chi connectivity index (χ1v) is 12.3. The molecule has 154 valence electrons. The minimum atomic E-state index is 0.201. The second kappa shape index (κ2) is 9.07. The number of thiazole rings is 2. The van der Waals surface area contributed by atoms with Crippen LogP contribution in [0.2, 0.25) is 0 Å². The number of aryl methyl sites for hydroxylation is 2. The largest absolute Gasteiger partial charge is 0.375 e. The maximum atomic E-state index is 6.03. The predicted molar refractivity (Wildman–Crippen MR) is 120 cm³/mol. The first-order valence-electron chi connectivity index (χ1n) is 10.6. The fourth-order valence-corrected chi connectivity index (χ4v) is 6.38. The summed E-state index contributed by atoms with van der Waals surface area (Å²) in [6.07, 6.45) is 7.79. The normalized spacial score (nSPS) is 24.0. The highest BCUT2D eigenvalue weighted by molar-refractivity contribution is 7.16. The lowest BCUT2D eigenvalue weighted by Gasteiger charge is -2.32. The van der Waals surface area contributed by atoms with E-state index < -0.39 is 0 Å². The summed E-state index contributed by atoms with van der Waals surface area (Å²) in [5.41, 5.74) is 8.49. The molecule has 3 atom stereocenters. The fourth-order valence-electron chi connectivity index (χ4n) is 4.25. The van der Waals surface area contributed by atoms with E-state index in [1.807, 2.05) is 11.3 Å². The molecule has 4 rings (SSSR count). The van der Waals surface area contributed by atoms with E-state index >= 15 is 0 Å². The van der Waals surface area contributed by atoms with Gasteiger partial charge < -0.3 is 21.7 Å². The lowest BCUT2D eigenvalue weighted by Crippen LogP contribution is -2.41. The number of nitrogens with one attached hydrogen (secondary N) is 3. The Morgan fingerprint density at radius 2 is 1.79 bits per heavy atom. The fraction of sp³-hybridized carbons (Fsp3) is 0.700. The van der Waals surface area contributed by atoms with Gasteiger partial charge in [0.05, 0.1) is 22.3 Å². The minimum Gasteiger partial charge on any atom is -0.375 e. The van der Waals surface area contributed by atoms with Gasteiger partial charge in [0.15, 0.2) is 10.3 Å². The Morgan fingerprint density at radius 1 is 1.00 bits per heavy atom. The van der Waals surface area contributed by atoms with Gasteiger partial charge in [0.1, 0.15) is 0 Å². The molecule has 0 fully saturated rings. The van der Waals surface area contributed by atoms with Crippen LogP contribution >= 0.6 is 22.7 Å². The van der Waals surface area contributed by atoms with Crippen molar-refractivity contribution in [1.82, 2.24) is 20.6 Å². The molecule has 6 nitrogen and oxygen atoms in total. The molecule has 2 aromatic heterocycles. The monoisotopic (exact) mass is 420 g/mol. The summed E-state index contributed by atoms with van der Waals surface area (Å²) in [7, 11) is 0. The van der Waals surface area contributed by atoms with Crippen molar-refractivity contribution in [3.8, 4) is 0 Å². The molecule has 2 heterocycles. The number of hydrogen-bond donors (Lipinski definition) is 4. The molecule has 2 aromatic rings. The van der Waals surface area contributed by atoms with Gasteiger partial charge in [0.2, 0.25) is 0 Å². The Kier molecular flexibility index (Phi) is 6.50. The van der Waals surface area contributed by atoms with Gasteiger partial charge in [-0.15, -0.1) is 11.3 Å². The Balaban J connectivity index is 1.51. The van der Waals surface area contributed by atoms with E-state index in [1.165, 1.54) is 34.0 Å². The third-order valence-electron chi connectivity index (χ3n) is 5.68. The van der Waals surface area contributed by atoms with Crippen molar-refractivity contribution >= 4 is 32.9 Å². The van der Waals surface area contributed by atoms with Crippen LogP contribution < -0.4 is 21.7 Å². The van der Waals surface area contributed by atoms with Crippen LogP contribution in [-0.4, -0.2) is 35.1 Å². The van der Waals surface area contributed by atoms with Crippen LogP contribution in [0.5, 0.6) is 0 Å². The van der Waals surface area contributed by atoms with Crippen LogP contribution in [0.1, 0.15) is 66.7 Å². The highest BCUT2D eigenvalue weighted by Gasteiger charge is 2.33. The van der Waals surface area contributed by atoms with E-state index in [4.69, 9.17) is 10.7 Å². The Labute approximate surface area is 175 Å². The van der Waals surface area contributed by atoms with E-state index in [-0.39, 0.29) is 6.04 Å². The molecule has 5 N–H and O–H groups in total. The van der Waals surface area contributed by atoms with Crippen molar-refractivity contribution < 1.29 is 0 Å². The van der Waals surface area contributed by atoms with E-state index in [0.29, 0.717) is 17.2 Å². The van der Waals surface area contributed by atoms with Gasteiger partial charge in [-0.05, 0) is 58.0 Å². The van der Waals surface area contributed by atoms with E-state index in [1.54, 1.807) is 11.3 Å². The molecule has 28 heavy (non-hydrogen) atoms. The molecule has 0 radical (unpaired) electrons. The smallest absolute Gasteiger partial charge is 0.183 e. The van der Waals surface area contributed by atoms with Crippen LogP contribution in [0.4, 0.5) is 10.3 Å². The molecule has 0 aliphatic heterocycles. The molecular formula is C20H32N6S2. The van der Waals surface area contributed by atoms with Crippen LogP contribution in [0.25, 0.3) is 0 Å². The zero-order chi connectivity index (χ0) is 19.5. The minimum absolute atomic E-state index is 0.201. The van der Waals surface area contributed by atoms with Crippen LogP contribution in [0.15, 0.2) is 0 Å². The number of nitrogens with two attached hydrogens (primary N) is 1. The maximum absolute atomic E-state index is 6.03. The summed E-state index contributed by atoms with van der Waals surface area (Å²) < 4.78 is 0. The Morgan fingerprint density at radius 3 is 2.61 bits per heavy atom. The highest BCUT2D eigenvalue weighted by Crippen LogP contribution is 2.39. The van der Waals surface area contributed by atoms with Crippen LogP contribution in [0.3, 0.4) is 0 Å². The standard InChI is InChI=1S/C20H32N6S2/c1-3-9-22-12-5-6-13-16(11-12)27-20(25-13)26-17-14(23-10-4-2)7-8-15-18(17)28-19(21)24-15/h12,14,17,22-23H,3-11H2,1-2H3,(H2,21,24)(H,25,26)/t12-,14-,17-/m0/s1. The molecule has 0 saturated carbocycles. The zero-order valence-corrected chi connectivity index (χ0v) is 18.5. The number of fused-ring (bicyclic) bond motifs is 2.